The molecule has 0 fully saturated rings. The van der Waals surface area contributed by atoms with Gasteiger partial charge in [-0.15, -0.1) is 0 Å². The summed E-state index contributed by atoms with van der Waals surface area (Å²) >= 11 is 0. The molecule has 2 amide bonds. The molecule has 9 nitrogen and oxygen atoms in total. The number of carbonyl (C=O) groups excluding carboxylic acids is 2. The topological polar surface area (TPSA) is 130 Å². The van der Waals surface area contributed by atoms with Crippen molar-refractivity contribution in [3.8, 4) is 17.6 Å². The number of rotatable bonds is 5. The van der Waals surface area contributed by atoms with Crippen LogP contribution < -0.4 is 20.5 Å². The number of nitrogens with zero attached hydrogens (tertiary/aromatic N) is 3. The molecule has 0 aromatic heterocycles. The third-order valence-electron chi connectivity index (χ3n) is 8.15. The molecule has 2 aromatic carbocycles. The number of hydrogen-bond acceptors (Lipinski definition) is 7. The van der Waals surface area contributed by atoms with E-state index in [1.165, 1.54) is 4.90 Å². The molecule has 204 valence electrons. The summed E-state index contributed by atoms with van der Waals surface area (Å²) in [6, 6.07) is 12.3. The predicted molar refractivity (Wildman–Crippen MR) is 146 cm³/mol. The van der Waals surface area contributed by atoms with Gasteiger partial charge in [-0.25, -0.2) is 4.99 Å². The summed E-state index contributed by atoms with van der Waals surface area (Å²) in [6.07, 6.45) is 2.74. The van der Waals surface area contributed by atoms with Gasteiger partial charge in [0.2, 0.25) is 5.91 Å². The van der Waals surface area contributed by atoms with Gasteiger partial charge in [0, 0.05) is 29.5 Å². The summed E-state index contributed by atoms with van der Waals surface area (Å²) in [5.74, 6) is 0.856. The summed E-state index contributed by atoms with van der Waals surface area (Å²) in [5, 5.41) is 13.1. The smallest absolute Gasteiger partial charge is 0.251 e. The molecule has 0 aliphatic carbocycles. The molecule has 9 heteroatoms. The third-order valence-corrected chi connectivity index (χ3v) is 8.15. The van der Waals surface area contributed by atoms with Crippen LogP contribution in [0, 0.1) is 11.3 Å². The zero-order valence-electron chi connectivity index (χ0n) is 22.9. The van der Waals surface area contributed by atoms with E-state index in [9.17, 15) is 14.9 Å². The quantitative estimate of drug-likeness (QED) is 0.586. The number of nitrogens with one attached hydrogen (secondary N) is 1. The van der Waals surface area contributed by atoms with Crippen molar-refractivity contribution in [1.29, 1.82) is 5.26 Å². The lowest BCUT2D eigenvalue weighted by Crippen LogP contribution is -2.53. The molecule has 0 saturated carbocycles. The van der Waals surface area contributed by atoms with Gasteiger partial charge in [0.05, 0.1) is 36.2 Å². The number of aliphatic imine (C=N–C) groups is 1. The standard InChI is InChI=1S/C30H35N5O4/c1-5-30(6-2)16-25(36)35(28(32)34-30)23-11-12-38-26-19(17-31)13-18(14-21(23)26)27(37)33-22-15-29(3,4)39-24-10-8-7-9-20(22)24/h7-10,13-14,22-23H,5-6,11-12,15-16H2,1-4H3,(H2,32,34)(H,33,37). The van der Waals surface area contributed by atoms with Crippen molar-refractivity contribution in [3.63, 3.8) is 0 Å². The lowest BCUT2D eigenvalue weighted by Gasteiger charge is -2.41. The zero-order chi connectivity index (χ0) is 27.9. The summed E-state index contributed by atoms with van der Waals surface area (Å²) in [4.78, 5) is 33.3. The van der Waals surface area contributed by atoms with E-state index in [0.29, 0.717) is 49.2 Å². The molecule has 3 aliphatic heterocycles. The average molecular weight is 530 g/mol. The first-order chi connectivity index (χ1) is 18.6. The lowest BCUT2D eigenvalue weighted by atomic mass is 9.86. The van der Waals surface area contributed by atoms with Crippen LogP contribution >= 0.6 is 0 Å². The van der Waals surface area contributed by atoms with Crippen LogP contribution in [-0.4, -0.2) is 40.4 Å². The maximum absolute atomic E-state index is 13.6. The highest BCUT2D eigenvalue weighted by molar-refractivity contribution is 6.00. The van der Waals surface area contributed by atoms with Crippen LogP contribution in [0.2, 0.25) is 0 Å². The molecule has 0 radical (unpaired) electrons. The Hall–Kier alpha value is -4.06. The van der Waals surface area contributed by atoms with Gasteiger partial charge in [-0.05, 0) is 44.9 Å². The second kappa shape index (κ2) is 9.92. The molecule has 3 heterocycles. The van der Waals surface area contributed by atoms with Crippen LogP contribution in [0.15, 0.2) is 41.4 Å². The summed E-state index contributed by atoms with van der Waals surface area (Å²) in [6.45, 7) is 8.31. The zero-order valence-corrected chi connectivity index (χ0v) is 22.9. The van der Waals surface area contributed by atoms with Crippen molar-refractivity contribution in [1.82, 2.24) is 10.2 Å². The van der Waals surface area contributed by atoms with Crippen LogP contribution in [0.4, 0.5) is 0 Å². The van der Waals surface area contributed by atoms with E-state index < -0.39 is 17.2 Å². The molecule has 0 saturated heterocycles. The number of carbonyl (C=O) groups is 2. The Bertz CT molecular complexity index is 1390. The van der Waals surface area contributed by atoms with E-state index in [1.807, 2.05) is 52.0 Å². The molecular formula is C30H35N5O4. The van der Waals surface area contributed by atoms with Crippen LogP contribution in [0.1, 0.15) is 98.9 Å². The summed E-state index contributed by atoms with van der Waals surface area (Å²) in [7, 11) is 0. The van der Waals surface area contributed by atoms with Gasteiger partial charge in [0.15, 0.2) is 5.96 Å². The second-order valence-corrected chi connectivity index (χ2v) is 11.2. The molecule has 2 aromatic rings. The van der Waals surface area contributed by atoms with E-state index in [0.717, 1.165) is 11.3 Å². The minimum absolute atomic E-state index is 0.113. The fourth-order valence-corrected chi connectivity index (χ4v) is 5.97. The van der Waals surface area contributed by atoms with Crippen molar-refractivity contribution in [2.45, 2.75) is 83.0 Å². The number of benzene rings is 2. The highest BCUT2D eigenvalue weighted by Crippen LogP contribution is 2.43. The first-order valence-electron chi connectivity index (χ1n) is 13.6. The predicted octanol–water partition coefficient (Wildman–Crippen LogP) is 4.52. The van der Waals surface area contributed by atoms with Crippen molar-refractivity contribution in [2.24, 2.45) is 10.7 Å². The molecule has 5 rings (SSSR count). The normalized spacial score (nSPS) is 22.8. The molecule has 3 N–H and O–H groups in total. The number of guanidine groups is 1. The van der Waals surface area contributed by atoms with E-state index >= 15 is 0 Å². The number of amides is 2. The average Bonchev–Trinajstić information content (AvgIpc) is 2.91. The molecule has 2 unspecified atom stereocenters. The number of hydrogen-bond donors (Lipinski definition) is 2. The number of fused-ring (bicyclic) bond motifs is 2. The SMILES string of the molecule is CCC1(CC)CC(=O)N(C2CCOc3c(C#N)cc(C(=O)NC4CC(C)(C)Oc5ccccc54)cc32)C(N)=N1. The van der Waals surface area contributed by atoms with E-state index in [2.05, 4.69) is 11.4 Å². The highest BCUT2D eigenvalue weighted by Gasteiger charge is 2.42. The Kier molecular flexibility index (Phi) is 6.75. The Morgan fingerprint density at radius 1 is 1.23 bits per heavy atom. The van der Waals surface area contributed by atoms with Crippen LogP contribution in [0.3, 0.4) is 0 Å². The van der Waals surface area contributed by atoms with Gasteiger partial charge in [-0.1, -0.05) is 32.0 Å². The van der Waals surface area contributed by atoms with Crippen LogP contribution in [0.5, 0.6) is 11.5 Å². The van der Waals surface area contributed by atoms with Gasteiger partial charge < -0.3 is 20.5 Å². The molecule has 2 atom stereocenters. The molecule has 0 bridgehead atoms. The van der Waals surface area contributed by atoms with Gasteiger partial charge >= 0.3 is 0 Å². The van der Waals surface area contributed by atoms with E-state index in [1.54, 1.807) is 12.1 Å². The molecule has 39 heavy (non-hydrogen) atoms. The van der Waals surface area contributed by atoms with Gasteiger partial charge in [0.1, 0.15) is 23.2 Å². The Morgan fingerprint density at radius 2 is 1.97 bits per heavy atom. The van der Waals surface area contributed by atoms with E-state index in [4.69, 9.17) is 20.2 Å². The third kappa shape index (κ3) is 4.80. The first-order valence-corrected chi connectivity index (χ1v) is 13.6. The Morgan fingerprint density at radius 3 is 2.67 bits per heavy atom. The molecular weight excluding hydrogens is 494 g/mol. The maximum atomic E-state index is 13.6. The Labute approximate surface area is 229 Å². The minimum atomic E-state index is -0.501. The number of nitriles is 1. The first kappa shape index (κ1) is 26.5. The fraction of sp³-hybridized carbons (Fsp3) is 0.467. The summed E-state index contributed by atoms with van der Waals surface area (Å²) in [5.41, 5.74) is 7.50. The minimum Gasteiger partial charge on any atom is -0.492 e. The number of ether oxygens (including phenoxy) is 2. The second-order valence-electron chi connectivity index (χ2n) is 11.2. The van der Waals surface area contributed by atoms with Gasteiger partial charge in [-0.2, -0.15) is 5.26 Å². The van der Waals surface area contributed by atoms with Gasteiger partial charge in [-0.3, -0.25) is 14.5 Å². The largest absolute Gasteiger partial charge is 0.492 e. The molecule has 0 spiro atoms. The fourth-order valence-electron chi connectivity index (χ4n) is 5.97. The van der Waals surface area contributed by atoms with Crippen molar-refractivity contribution >= 4 is 17.8 Å². The monoisotopic (exact) mass is 529 g/mol. The Balaban J connectivity index is 1.50. The van der Waals surface area contributed by atoms with Gasteiger partial charge in [0.25, 0.3) is 5.91 Å². The highest BCUT2D eigenvalue weighted by atomic mass is 16.5. The van der Waals surface area contributed by atoms with Crippen LogP contribution in [0.25, 0.3) is 0 Å². The van der Waals surface area contributed by atoms with E-state index in [-0.39, 0.29) is 35.8 Å². The lowest BCUT2D eigenvalue weighted by molar-refractivity contribution is -0.132. The number of para-hydroxylation sites is 1. The maximum Gasteiger partial charge on any atom is 0.251 e. The van der Waals surface area contributed by atoms with Crippen molar-refractivity contribution in [3.05, 3.63) is 58.7 Å². The summed E-state index contributed by atoms with van der Waals surface area (Å²) < 4.78 is 12.0. The van der Waals surface area contributed by atoms with Crippen molar-refractivity contribution < 1.29 is 19.1 Å². The molecule has 3 aliphatic rings. The number of nitrogens with two attached hydrogens (primary N) is 1. The van der Waals surface area contributed by atoms with Crippen molar-refractivity contribution in [2.75, 3.05) is 6.61 Å². The van der Waals surface area contributed by atoms with Crippen LogP contribution in [-0.2, 0) is 4.79 Å².